The highest BCUT2D eigenvalue weighted by Crippen LogP contribution is 2.22. The van der Waals surface area contributed by atoms with Gasteiger partial charge in [0.05, 0.1) is 0 Å². The van der Waals surface area contributed by atoms with Crippen molar-refractivity contribution in [2.75, 3.05) is 30.9 Å². The second-order valence-electron chi connectivity index (χ2n) is 4.69. The largest absolute Gasteiger partial charge is 0.377 e. The molecule has 0 spiro atoms. The molecule has 1 amide bonds. The molecule has 0 unspecified atom stereocenters. The van der Waals surface area contributed by atoms with E-state index in [-0.39, 0.29) is 5.91 Å². The zero-order valence-electron chi connectivity index (χ0n) is 11.5. The molecule has 0 atom stereocenters. The third kappa shape index (κ3) is 4.37. The van der Waals surface area contributed by atoms with Crippen LogP contribution in [0, 0.1) is 6.92 Å². The minimum atomic E-state index is 0.0528. The predicted octanol–water partition coefficient (Wildman–Crippen LogP) is 2.13. The lowest BCUT2D eigenvalue weighted by Gasteiger charge is -2.17. The van der Waals surface area contributed by atoms with Gasteiger partial charge in [-0.05, 0) is 44.0 Å². The lowest BCUT2D eigenvalue weighted by molar-refractivity contribution is -0.116. The van der Waals surface area contributed by atoms with E-state index in [1.165, 1.54) is 5.56 Å². The zero-order chi connectivity index (χ0) is 13.5. The number of nitrogens with two attached hydrogens (primary N) is 1. The van der Waals surface area contributed by atoms with E-state index in [0.717, 1.165) is 24.2 Å². The molecule has 3 N–H and O–H groups in total. The van der Waals surface area contributed by atoms with Crippen molar-refractivity contribution in [3.05, 3.63) is 23.8 Å². The first-order valence-corrected chi connectivity index (χ1v) is 6.32. The van der Waals surface area contributed by atoms with Gasteiger partial charge in [0.1, 0.15) is 0 Å². The topological polar surface area (TPSA) is 58.4 Å². The maximum absolute atomic E-state index is 11.7. The summed E-state index contributed by atoms with van der Waals surface area (Å²) < 4.78 is 0. The van der Waals surface area contributed by atoms with E-state index < -0.39 is 0 Å². The Morgan fingerprint density at radius 1 is 1.33 bits per heavy atom. The van der Waals surface area contributed by atoms with Crippen molar-refractivity contribution in [1.82, 2.24) is 0 Å². The summed E-state index contributed by atoms with van der Waals surface area (Å²) in [5.41, 5.74) is 8.56. The molecule has 1 aromatic carbocycles. The van der Waals surface area contributed by atoms with Crippen molar-refractivity contribution in [2.24, 2.45) is 5.73 Å². The van der Waals surface area contributed by atoms with Crippen molar-refractivity contribution in [1.29, 1.82) is 0 Å². The molecule has 18 heavy (non-hydrogen) atoms. The molecule has 0 fully saturated rings. The highest BCUT2D eigenvalue weighted by atomic mass is 16.1. The summed E-state index contributed by atoms with van der Waals surface area (Å²) in [6, 6.07) is 5.95. The van der Waals surface area contributed by atoms with E-state index in [1.54, 1.807) is 0 Å². The number of aryl methyl sites for hydroxylation is 1. The van der Waals surface area contributed by atoms with E-state index in [9.17, 15) is 4.79 Å². The lowest BCUT2D eigenvalue weighted by atomic mass is 10.1. The molecule has 0 aliphatic carbocycles. The molecule has 1 rings (SSSR count). The van der Waals surface area contributed by atoms with Gasteiger partial charge < -0.3 is 16.0 Å². The van der Waals surface area contributed by atoms with Gasteiger partial charge in [0.2, 0.25) is 5.91 Å². The first kappa shape index (κ1) is 14.5. The van der Waals surface area contributed by atoms with Gasteiger partial charge in [-0.1, -0.05) is 6.07 Å². The van der Waals surface area contributed by atoms with Gasteiger partial charge in [0.15, 0.2) is 0 Å². The lowest BCUT2D eigenvalue weighted by Crippen LogP contribution is -2.14. The number of amides is 1. The van der Waals surface area contributed by atoms with Crippen LogP contribution in [0.25, 0.3) is 0 Å². The Balaban J connectivity index is 2.62. The molecule has 0 saturated carbocycles. The Labute approximate surface area is 109 Å². The van der Waals surface area contributed by atoms with Crippen LogP contribution in [0.5, 0.6) is 0 Å². The van der Waals surface area contributed by atoms with E-state index in [1.807, 2.05) is 37.2 Å². The number of unbranched alkanes of at least 4 members (excludes halogenated alkanes) is 1. The van der Waals surface area contributed by atoms with Crippen molar-refractivity contribution < 1.29 is 4.79 Å². The molecule has 4 heteroatoms. The Bertz CT molecular complexity index is 402. The highest BCUT2D eigenvalue weighted by Gasteiger charge is 2.05. The summed E-state index contributed by atoms with van der Waals surface area (Å²) in [5, 5.41) is 2.92. The van der Waals surface area contributed by atoms with Gasteiger partial charge in [-0.25, -0.2) is 0 Å². The first-order valence-electron chi connectivity index (χ1n) is 6.32. The molecule has 0 saturated heterocycles. The molecule has 1 aromatic rings. The normalized spacial score (nSPS) is 10.2. The minimum Gasteiger partial charge on any atom is -0.377 e. The number of carbonyl (C=O) groups is 1. The quantitative estimate of drug-likeness (QED) is 0.759. The Kier molecular flexibility index (Phi) is 5.65. The second kappa shape index (κ2) is 7.01. The standard InChI is InChI=1S/C14H23N3O/c1-11-7-8-12(10-13(11)17(2)3)16-14(18)6-4-5-9-15/h7-8,10H,4-6,9,15H2,1-3H3,(H,16,18). The molecule has 4 nitrogen and oxygen atoms in total. The molecular weight excluding hydrogens is 226 g/mol. The Morgan fingerprint density at radius 2 is 2.06 bits per heavy atom. The molecule has 0 radical (unpaired) electrons. The van der Waals surface area contributed by atoms with Crippen LogP contribution in [0.1, 0.15) is 24.8 Å². The van der Waals surface area contributed by atoms with Crippen LogP contribution in [-0.2, 0) is 4.79 Å². The number of anilines is 2. The van der Waals surface area contributed by atoms with Gasteiger partial charge in [0.25, 0.3) is 0 Å². The molecule has 100 valence electrons. The third-order valence-corrected chi connectivity index (χ3v) is 2.83. The Morgan fingerprint density at radius 3 is 2.67 bits per heavy atom. The summed E-state index contributed by atoms with van der Waals surface area (Å²) in [4.78, 5) is 13.7. The van der Waals surface area contributed by atoms with E-state index in [0.29, 0.717) is 13.0 Å². The second-order valence-corrected chi connectivity index (χ2v) is 4.69. The van der Waals surface area contributed by atoms with Crippen LogP contribution in [0.15, 0.2) is 18.2 Å². The van der Waals surface area contributed by atoms with Crippen molar-refractivity contribution in [3.63, 3.8) is 0 Å². The number of hydrogen-bond donors (Lipinski definition) is 2. The van der Waals surface area contributed by atoms with Crippen molar-refractivity contribution in [2.45, 2.75) is 26.2 Å². The summed E-state index contributed by atoms with van der Waals surface area (Å²) in [7, 11) is 3.99. The average Bonchev–Trinajstić information content (AvgIpc) is 2.31. The van der Waals surface area contributed by atoms with Crippen LogP contribution >= 0.6 is 0 Å². The molecule has 0 heterocycles. The maximum Gasteiger partial charge on any atom is 0.224 e. The fourth-order valence-electron chi connectivity index (χ4n) is 1.82. The number of nitrogens with one attached hydrogen (secondary N) is 1. The number of nitrogens with zero attached hydrogens (tertiary/aromatic N) is 1. The van der Waals surface area contributed by atoms with Crippen LogP contribution in [0.4, 0.5) is 11.4 Å². The Hall–Kier alpha value is -1.55. The van der Waals surface area contributed by atoms with Crippen molar-refractivity contribution in [3.8, 4) is 0 Å². The fraction of sp³-hybridized carbons (Fsp3) is 0.500. The molecule has 0 aliphatic heterocycles. The van der Waals surface area contributed by atoms with Crippen LogP contribution in [-0.4, -0.2) is 26.5 Å². The molecule has 0 aromatic heterocycles. The summed E-state index contributed by atoms with van der Waals surface area (Å²) >= 11 is 0. The van der Waals surface area contributed by atoms with Gasteiger partial charge in [-0.15, -0.1) is 0 Å². The molecule has 0 aliphatic rings. The van der Waals surface area contributed by atoms with Gasteiger partial charge in [-0.3, -0.25) is 4.79 Å². The smallest absolute Gasteiger partial charge is 0.224 e. The van der Waals surface area contributed by atoms with Gasteiger partial charge in [0, 0.05) is 31.9 Å². The predicted molar refractivity (Wildman–Crippen MR) is 77.0 cm³/mol. The van der Waals surface area contributed by atoms with E-state index >= 15 is 0 Å². The van der Waals surface area contributed by atoms with Crippen LogP contribution in [0.2, 0.25) is 0 Å². The van der Waals surface area contributed by atoms with Crippen molar-refractivity contribution >= 4 is 17.3 Å². The SMILES string of the molecule is Cc1ccc(NC(=O)CCCCN)cc1N(C)C. The van der Waals surface area contributed by atoms with Gasteiger partial charge >= 0.3 is 0 Å². The number of carbonyl (C=O) groups excluding carboxylic acids is 1. The number of hydrogen-bond acceptors (Lipinski definition) is 3. The highest BCUT2D eigenvalue weighted by molar-refractivity contribution is 5.91. The minimum absolute atomic E-state index is 0.0528. The number of rotatable bonds is 6. The van der Waals surface area contributed by atoms with E-state index in [2.05, 4.69) is 12.2 Å². The summed E-state index contributed by atoms with van der Waals surface area (Å²) in [6.45, 7) is 2.70. The average molecular weight is 249 g/mol. The monoisotopic (exact) mass is 249 g/mol. The molecular formula is C14H23N3O. The van der Waals surface area contributed by atoms with E-state index in [4.69, 9.17) is 5.73 Å². The maximum atomic E-state index is 11.7. The zero-order valence-corrected chi connectivity index (χ0v) is 11.5. The van der Waals surface area contributed by atoms with Crippen LogP contribution in [0.3, 0.4) is 0 Å². The molecule has 0 bridgehead atoms. The fourth-order valence-corrected chi connectivity index (χ4v) is 1.82. The first-order chi connectivity index (χ1) is 8.54. The summed E-state index contributed by atoms with van der Waals surface area (Å²) in [6.07, 6.45) is 2.27. The number of benzene rings is 1. The van der Waals surface area contributed by atoms with Gasteiger partial charge in [-0.2, -0.15) is 0 Å². The van der Waals surface area contributed by atoms with Crippen LogP contribution < -0.4 is 16.0 Å². The third-order valence-electron chi connectivity index (χ3n) is 2.83. The summed E-state index contributed by atoms with van der Waals surface area (Å²) in [5.74, 6) is 0.0528.